The Morgan fingerprint density at radius 3 is 2.25 bits per heavy atom. The van der Waals surface area contributed by atoms with Gasteiger partial charge in [-0.1, -0.05) is 11.6 Å². The molecule has 0 spiro atoms. The van der Waals surface area contributed by atoms with E-state index < -0.39 is 10.0 Å². The highest BCUT2D eigenvalue weighted by Gasteiger charge is 2.33. The molecule has 0 fully saturated rings. The second kappa shape index (κ2) is 9.05. The zero-order valence-corrected chi connectivity index (χ0v) is 19.6. The number of fused-ring (bicyclic) bond motifs is 1. The van der Waals surface area contributed by atoms with Crippen LogP contribution in [-0.4, -0.2) is 19.6 Å². The Morgan fingerprint density at radius 1 is 1.03 bits per heavy atom. The molecule has 2 N–H and O–H groups in total. The highest BCUT2D eigenvalue weighted by molar-refractivity contribution is 7.92. The first kappa shape index (κ1) is 22.5. The van der Waals surface area contributed by atoms with E-state index in [1.807, 2.05) is 6.92 Å². The molecule has 0 bridgehead atoms. The number of nitrogens with zero attached hydrogens (tertiary/aromatic N) is 1. The normalized spacial score (nSPS) is 15.7. The minimum Gasteiger partial charge on any atom is -0.332 e. The summed E-state index contributed by atoms with van der Waals surface area (Å²) in [5, 5.41) is 7.06. The lowest BCUT2D eigenvalue weighted by Crippen LogP contribution is -2.42. The molecule has 0 unspecified atom stereocenters. The van der Waals surface area contributed by atoms with Crippen molar-refractivity contribution in [2.24, 2.45) is 0 Å². The summed E-state index contributed by atoms with van der Waals surface area (Å²) in [6, 6.07) is 17.5. The molecule has 3 aromatic rings. The number of aryl methyl sites for hydroxylation is 1. The van der Waals surface area contributed by atoms with Crippen LogP contribution >= 0.6 is 23.8 Å². The molecule has 32 heavy (non-hydrogen) atoms. The van der Waals surface area contributed by atoms with E-state index in [0.29, 0.717) is 39.9 Å². The van der Waals surface area contributed by atoms with Crippen LogP contribution in [0, 0.1) is 5.82 Å². The van der Waals surface area contributed by atoms with Crippen LogP contribution in [0.4, 0.5) is 21.5 Å². The molecule has 0 amide bonds. The van der Waals surface area contributed by atoms with E-state index in [0.717, 1.165) is 5.69 Å². The van der Waals surface area contributed by atoms with Crippen molar-refractivity contribution in [3.8, 4) is 0 Å². The van der Waals surface area contributed by atoms with Crippen LogP contribution in [0.25, 0.3) is 0 Å². The van der Waals surface area contributed by atoms with Gasteiger partial charge in [-0.05, 0) is 104 Å². The standard InChI is InChI=1S/C23H21ClFN3O2S2/c1-15-2-3-16-14-18(25)6-13-22(16)28(15)32(29,30)21-11-9-20(10-12-21)27-23(31)26-19-7-4-17(24)5-8-19/h4-15H,2-3H2,1H3,(H2,26,27,31)/t15-/m1/s1. The van der Waals surface area contributed by atoms with Crippen LogP contribution in [0.15, 0.2) is 71.6 Å². The largest absolute Gasteiger partial charge is 0.332 e. The minimum absolute atomic E-state index is 0.156. The lowest BCUT2D eigenvalue weighted by molar-refractivity contribution is 0.560. The molecule has 0 aliphatic carbocycles. The predicted molar refractivity (Wildman–Crippen MR) is 132 cm³/mol. The van der Waals surface area contributed by atoms with Gasteiger partial charge in [0.2, 0.25) is 0 Å². The van der Waals surface area contributed by atoms with Crippen LogP contribution in [0.5, 0.6) is 0 Å². The zero-order chi connectivity index (χ0) is 22.9. The van der Waals surface area contributed by atoms with Crippen molar-refractivity contribution in [2.75, 3.05) is 14.9 Å². The molecule has 0 aromatic heterocycles. The molecule has 9 heteroatoms. The first-order valence-electron chi connectivity index (χ1n) is 10.0. The second-order valence-corrected chi connectivity index (χ2v) is 10.2. The molecule has 3 aromatic carbocycles. The van der Waals surface area contributed by atoms with Gasteiger partial charge >= 0.3 is 0 Å². The Kier molecular flexibility index (Phi) is 6.37. The zero-order valence-electron chi connectivity index (χ0n) is 17.2. The predicted octanol–water partition coefficient (Wildman–Crippen LogP) is 5.82. The van der Waals surface area contributed by atoms with E-state index in [4.69, 9.17) is 23.8 Å². The van der Waals surface area contributed by atoms with Gasteiger partial charge in [0.05, 0.1) is 10.6 Å². The Hall–Kier alpha value is -2.68. The molecule has 5 nitrogen and oxygen atoms in total. The van der Waals surface area contributed by atoms with Gasteiger partial charge < -0.3 is 10.6 Å². The Bertz CT molecular complexity index is 1250. The van der Waals surface area contributed by atoms with Crippen molar-refractivity contribution in [1.29, 1.82) is 0 Å². The molecule has 0 radical (unpaired) electrons. The van der Waals surface area contributed by atoms with E-state index in [9.17, 15) is 12.8 Å². The van der Waals surface area contributed by atoms with Crippen LogP contribution < -0.4 is 14.9 Å². The maximum atomic E-state index is 13.6. The van der Waals surface area contributed by atoms with Gasteiger partial charge in [0.1, 0.15) is 5.82 Å². The lowest BCUT2D eigenvalue weighted by Gasteiger charge is -2.36. The molecule has 0 saturated carbocycles. The van der Waals surface area contributed by atoms with Crippen molar-refractivity contribution < 1.29 is 12.8 Å². The van der Waals surface area contributed by atoms with Crippen LogP contribution in [0.3, 0.4) is 0 Å². The van der Waals surface area contributed by atoms with Crippen molar-refractivity contribution in [3.05, 3.63) is 83.1 Å². The molecular formula is C23H21ClFN3O2S2. The first-order chi connectivity index (χ1) is 15.2. The maximum absolute atomic E-state index is 13.6. The van der Waals surface area contributed by atoms with E-state index in [1.165, 1.54) is 34.6 Å². The van der Waals surface area contributed by atoms with Gasteiger partial charge in [0, 0.05) is 22.4 Å². The summed E-state index contributed by atoms with van der Waals surface area (Å²) >= 11 is 11.2. The SMILES string of the molecule is C[C@@H]1CCc2cc(F)ccc2N1S(=O)(=O)c1ccc(NC(=S)Nc2ccc(Cl)cc2)cc1. The summed E-state index contributed by atoms with van der Waals surface area (Å²) in [6.45, 7) is 1.86. The van der Waals surface area contributed by atoms with Gasteiger partial charge in [-0.25, -0.2) is 12.8 Å². The number of benzene rings is 3. The second-order valence-electron chi connectivity index (χ2n) is 7.57. The summed E-state index contributed by atoms with van der Waals surface area (Å²) < 4.78 is 41.9. The number of hydrogen-bond donors (Lipinski definition) is 2. The van der Waals surface area contributed by atoms with E-state index >= 15 is 0 Å². The molecule has 1 heterocycles. The van der Waals surface area contributed by atoms with Crippen molar-refractivity contribution >= 4 is 56.0 Å². The molecule has 1 atom stereocenters. The van der Waals surface area contributed by atoms with Gasteiger partial charge in [0.25, 0.3) is 10.0 Å². The number of sulfonamides is 1. The maximum Gasteiger partial charge on any atom is 0.264 e. The Labute approximate surface area is 197 Å². The fraction of sp³-hybridized carbons (Fsp3) is 0.174. The fourth-order valence-corrected chi connectivity index (χ4v) is 5.79. The number of nitrogens with one attached hydrogen (secondary N) is 2. The lowest BCUT2D eigenvalue weighted by atomic mass is 9.99. The summed E-state index contributed by atoms with van der Waals surface area (Å²) in [5.74, 6) is -0.366. The molecular weight excluding hydrogens is 469 g/mol. The van der Waals surface area contributed by atoms with Gasteiger partial charge in [-0.2, -0.15) is 0 Å². The smallest absolute Gasteiger partial charge is 0.264 e. The first-order valence-corrected chi connectivity index (χ1v) is 12.2. The average Bonchev–Trinajstić information content (AvgIpc) is 2.75. The minimum atomic E-state index is -3.81. The molecule has 166 valence electrons. The number of hydrogen-bond acceptors (Lipinski definition) is 3. The van der Waals surface area contributed by atoms with Crippen LogP contribution in [-0.2, 0) is 16.4 Å². The van der Waals surface area contributed by atoms with E-state index in [1.54, 1.807) is 36.4 Å². The highest BCUT2D eigenvalue weighted by atomic mass is 35.5. The quantitative estimate of drug-likeness (QED) is 0.452. The summed E-state index contributed by atoms with van der Waals surface area (Å²) in [7, 11) is -3.81. The van der Waals surface area contributed by atoms with E-state index in [2.05, 4.69) is 10.6 Å². The van der Waals surface area contributed by atoms with Crippen LogP contribution in [0.1, 0.15) is 18.9 Å². The number of anilines is 3. The van der Waals surface area contributed by atoms with Gasteiger partial charge in [-0.15, -0.1) is 0 Å². The number of rotatable bonds is 4. The van der Waals surface area contributed by atoms with Crippen molar-refractivity contribution in [2.45, 2.75) is 30.7 Å². The number of thiocarbonyl (C=S) groups is 1. The monoisotopic (exact) mass is 489 g/mol. The molecule has 4 rings (SSSR count). The third-order valence-electron chi connectivity index (χ3n) is 5.28. The van der Waals surface area contributed by atoms with Crippen LogP contribution in [0.2, 0.25) is 5.02 Å². The topological polar surface area (TPSA) is 61.4 Å². The Morgan fingerprint density at radius 2 is 1.62 bits per heavy atom. The average molecular weight is 490 g/mol. The van der Waals surface area contributed by atoms with Crippen molar-refractivity contribution in [1.82, 2.24) is 0 Å². The van der Waals surface area contributed by atoms with Gasteiger partial charge in [0.15, 0.2) is 5.11 Å². The third kappa shape index (κ3) is 4.72. The molecule has 1 aliphatic rings. The summed E-state index contributed by atoms with van der Waals surface area (Å²) in [5.41, 5.74) is 2.65. The fourth-order valence-electron chi connectivity index (χ4n) is 3.71. The molecule has 0 saturated heterocycles. The summed E-state index contributed by atoms with van der Waals surface area (Å²) in [6.07, 6.45) is 1.27. The van der Waals surface area contributed by atoms with Gasteiger partial charge in [-0.3, -0.25) is 4.31 Å². The van der Waals surface area contributed by atoms with Crippen molar-refractivity contribution in [3.63, 3.8) is 0 Å². The number of halogens is 2. The summed E-state index contributed by atoms with van der Waals surface area (Å²) in [4.78, 5) is 0.156. The molecule has 1 aliphatic heterocycles. The third-order valence-corrected chi connectivity index (χ3v) is 7.68. The van der Waals surface area contributed by atoms with E-state index in [-0.39, 0.29) is 16.8 Å². The highest BCUT2D eigenvalue weighted by Crippen LogP contribution is 2.36. The Balaban J connectivity index is 1.52.